The van der Waals surface area contributed by atoms with Gasteiger partial charge in [0, 0.05) is 23.5 Å². The number of aryl methyl sites for hydroxylation is 1. The number of rotatable bonds is 5. The molecule has 0 radical (unpaired) electrons. The summed E-state index contributed by atoms with van der Waals surface area (Å²) in [6.07, 6.45) is 3.85. The third-order valence-corrected chi connectivity index (χ3v) is 5.82. The fourth-order valence-electron chi connectivity index (χ4n) is 2.41. The van der Waals surface area contributed by atoms with E-state index in [1.54, 1.807) is 30.5 Å². The number of hydrogen-bond donors (Lipinski definition) is 1. The van der Waals surface area contributed by atoms with Crippen molar-refractivity contribution in [1.82, 2.24) is 9.71 Å². The van der Waals surface area contributed by atoms with Gasteiger partial charge in [0.05, 0.1) is 10.4 Å². The first-order valence-electron chi connectivity index (χ1n) is 6.97. The van der Waals surface area contributed by atoms with Crippen molar-refractivity contribution in [3.05, 3.63) is 36.0 Å². The Kier molecular flexibility index (Phi) is 3.90. The van der Waals surface area contributed by atoms with Crippen LogP contribution in [0.25, 0.3) is 10.9 Å². The molecule has 112 valence electrons. The van der Waals surface area contributed by atoms with E-state index in [2.05, 4.69) is 9.71 Å². The lowest BCUT2D eigenvalue weighted by molar-refractivity contribution is 0.577. The second-order valence-electron chi connectivity index (χ2n) is 5.49. The summed E-state index contributed by atoms with van der Waals surface area (Å²) in [5.74, 6) is 0.450. The van der Waals surface area contributed by atoms with Crippen LogP contribution in [0.2, 0.25) is 0 Å². The summed E-state index contributed by atoms with van der Waals surface area (Å²) in [4.78, 5) is 4.53. The third kappa shape index (κ3) is 3.05. The first-order chi connectivity index (χ1) is 9.99. The Morgan fingerprint density at radius 3 is 2.86 bits per heavy atom. The lowest BCUT2D eigenvalue weighted by Crippen LogP contribution is -2.30. The number of alkyl halides is 1. The molecule has 1 unspecified atom stereocenters. The largest absolute Gasteiger partial charge is 0.256 e. The fourth-order valence-corrected chi connectivity index (χ4v) is 4.09. The highest BCUT2D eigenvalue weighted by Crippen LogP contribution is 2.35. The van der Waals surface area contributed by atoms with Gasteiger partial charge in [-0.1, -0.05) is 6.07 Å². The van der Waals surface area contributed by atoms with Gasteiger partial charge in [0.15, 0.2) is 0 Å². The summed E-state index contributed by atoms with van der Waals surface area (Å²) in [7, 11) is -3.58. The van der Waals surface area contributed by atoms with Crippen molar-refractivity contribution in [3.8, 4) is 0 Å². The molecule has 0 amide bonds. The van der Waals surface area contributed by atoms with E-state index in [-0.39, 0.29) is 16.8 Å². The maximum atomic E-state index is 12.5. The monoisotopic (exact) mass is 324 g/mol. The molecule has 1 heterocycles. The minimum absolute atomic E-state index is 0.130. The van der Waals surface area contributed by atoms with Crippen molar-refractivity contribution >= 4 is 32.5 Å². The minimum Gasteiger partial charge on any atom is -0.256 e. The number of nitrogens with one attached hydrogen (secondary N) is 1. The van der Waals surface area contributed by atoms with E-state index < -0.39 is 10.0 Å². The molecule has 0 aliphatic heterocycles. The van der Waals surface area contributed by atoms with E-state index in [1.165, 1.54) is 0 Å². The van der Waals surface area contributed by atoms with Crippen molar-refractivity contribution in [1.29, 1.82) is 0 Å². The quantitative estimate of drug-likeness (QED) is 0.860. The summed E-state index contributed by atoms with van der Waals surface area (Å²) in [6, 6.07) is 6.93. The molecule has 0 saturated heterocycles. The summed E-state index contributed by atoms with van der Waals surface area (Å²) >= 11 is 6.18. The molecular weight excluding hydrogens is 308 g/mol. The normalized spacial score (nSPS) is 17.0. The topological polar surface area (TPSA) is 59.1 Å². The molecule has 1 aliphatic rings. The number of hydrogen-bond acceptors (Lipinski definition) is 3. The molecule has 1 saturated carbocycles. The van der Waals surface area contributed by atoms with Gasteiger partial charge in [0.1, 0.15) is 0 Å². The van der Waals surface area contributed by atoms with E-state index in [1.807, 2.05) is 6.92 Å². The van der Waals surface area contributed by atoms with Crippen molar-refractivity contribution in [3.63, 3.8) is 0 Å². The van der Waals surface area contributed by atoms with Gasteiger partial charge in [-0.05, 0) is 49.4 Å². The number of benzene rings is 1. The SMILES string of the molecule is Cc1ccc(S(=O)(=O)NCC(Cl)C2CC2)c2cccnc12. The van der Waals surface area contributed by atoms with Gasteiger partial charge < -0.3 is 0 Å². The highest BCUT2D eigenvalue weighted by atomic mass is 35.5. The van der Waals surface area contributed by atoms with Gasteiger partial charge in [0.2, 0.25) is 10.0 Å². The average Bonchev–Trinajstić information content (AvgIpc) is 3.30. The molecule has 1 N–H and O–H groups in total. The Hall–Kier alpha value is -1.17. The van der Waals surface area contributed by atoms with Crippen LogP contribution in [0.3, 0.4) is 0 Å². The zero-order chi connectivity index (χ0) is 15.0. The molecule has 0 spiro atoms. The lowest BCUT2D eigenvalue weighted by atomic mass is 10.1. The van der Waals surface area contributed by atoms with Gasteiger partial charge in [-0.2, -0.15) is 0 Å². The first kappa shape index (κ1) is 14.8. The minimum atomic E-state index is -3.58. The Labute approximate surface area is 129 Å². The van der Waals surface area contributed by atoms with Crippen LogP contribution in [0.4, 0.5) is 0 Å². The van der Waals surface area contributed by atoms with Gasteiger partial charge in [-0.25, -0.2) is 13.1 Å². The molecule has 21 heavy (non-hydrogen) atoms. The van der Waals surface area contributed by atoms with Crippen molar-refractivity contribution in [2.24, 2.45) is 5.92 Å². The predicted molar refractivity (Wildman–Crippen MR) is 84.0 cm³/mol. The van der Waals surface area contributed by atoms with E-state index in [0.717, 1.165) is 18.4 Å². The number of nitrogens with zero attached hydrogens (tertiary/aromatic N) is 1. The molecule has 1 aliphatic carbocycles. The summed E-state index contributed by atoms with van der Waals surface area (Å²) in [5, 5.41) is 0.511. The van der Waals surface area contributed by atoms with Gasteiger partial charge >= 0.3 is 0 Å². The van der Waals surface area contributed by atoms with E-state index in [0.29, 0.717) is 16.8 Å². The Morgan fingerprint density at radius 2 is 2.14 bits per heavy atom. The lowest BCUT2D eigenvalue weighted by Gasteiger charge is -2.12. The maximum absolute atomic E-state index is 12.5. The molecule has 1 aromatic heterocycles. The van der Waals surface area contributed by atoms with Crippen LogP contribution in [0.15, 0.2) is 35.4 Å². The van der Waals surface area contributed by atoms with Crippen LogP contribution >= 0.6 is 11.6 Å². The standard InChI is InChI=1S/C15H17ClN2O2S/c1-10-4-7-14(12-3-2-8-17-15(10)12)21(19,20)18-9-13(16)11-5-6-11/h2-4,7-8,11,13,18H,5-6,9H2,1H3. The van der Waals surface area contributed by atoms with E-state index in [9.17, 15) is 8.42 Å². The molecule has 2 aromatic rings. The highest BCUT2D eigenvalue weighted by Gasteiger charge is 2.30. The highest BCUT2D eigenvalue weighted by molar-refractivity contribution is 7.89. The molecule has 1 aromatic carbocycles. The Balaban J connectivity index is 1.93. The third-order valence-electron chi connectivity index (χ3n) is 3.82. The summed E-state index contributed by atoms with van der Waals surface area (Å²) in [5.41, 5.74) is 1.67. The molecule has 4 nitrogen and oxygen atoms in total. The van der Waals surface area contributed by atoms with E-state index in [4.69, 9.17) is 11.6 Å². The number of aromatic nitrogens is 1. The Bertz CT molecular complexity index is 772. The van der Waals surface area contributed by atoms with Gasteiger partial charge in [-0.15, -0.1) is 11.6 Å². The van der Waals surface area contributed by atoms with Gasteiger partial charge in [0.25, 0.3) is 0 Å². The zero-order valence-electron chi connectivity index (χ0n) is 11.7. The van der Waals surface area contributed by atoms with Crippen molar-refractivity contribution in [2.45, 2.75) is 30.0 Å². The van der Waals surface area contributed by atoms with Crippen LogP contribution in [-0.4, -0.2) is 25.3 Å². The van der Waals surface area contributed by atoms with Crippen LogP contribution in [0, 0.1) is 12.8 Å². The van der Waals surface area contributed by atoms with Gasteiger partial charge in [-0.3, -0.25) is 4.98 Å². The zero-order valence-corrected chi connectivity index (χ0v) is 13.3. The Morgan fingerprint density at radius 1 is 1.38 bits per heavy atom. The summed E-state index contributed by atoms with van der Waals surface area (Å²) in [6.45, 7) is 2.19. The smallest absolute Gasteiger partial charge is 0.241 e. The molecular formula is C15H17ClN2O2S. The molecule has 0 bridgehead atoms. The summed E-state index contributed by atoms with van der Waals surface area (Å²) < 4.78 is 27.6. The number of halogens is 1. The number of pyridine rings is 1. The molecule has 3 rings (SSSR count). The maximum Gasteiger partial charge on any atom is 0.241 e. The fraction of sp³-hybridized carbons (Fsp3) is 0.400. The molecule has 6 heteroatoms. The number of sulfonamides is 1. The van der Waals surface area contributed by atoms with E-state index >= 15 is 0 Å². The predicted octanol–water partition coefficient (Wildman–Crippen LogP) is 2.84. The second-order valence-corrected chi connectivity index (χ2v) is 7.78. The van der Waals surface area contributed by atoms with Crippen molar-refractivity contribution < 1.29 is 8.42 Å². The first-order valence-corrected chi connectivity index (χ1v) is 8.89. The molecule has 1 atom stereocenters. The van der Waals surface area contributed by atoms with Crippen LogP contribution in [0.1, 0.15) is 18.4 Å². The van der Waals surface area contributed by atoms with Crippen molar-refractivity contribution in [2.75, 3.05) is 6.54 Å². The number of fused-ring (bicyclic) bond motifs is 1. The van der Waals surface area contributed by atoms with Crippen LogP contribution in [-0.2, 0) is 10.0 Å². The second kappa shape index (κ2) is 5.55. The molecule has 1 fully saturated rings. The average molecular weight is 325 g/mol. The van der Waals surface area contributed by atoms with Crippen LogP contribution in [0.5, 0.6) is 0 Å². The van der Waals surface area contributed by atoms with Crippen LogP contribution < -0.4 is 4.72 Å².